The summed E-state index contributed by atoms with van der Waals surface area (Å²) in [6, 6.07) is 1.94. The minimum atomic E-state index is 0.582. The van der Waals surface area contributed by atoms with E-state index >= 15 is 0 Å². The zero-order valence-electron chi connectivity index (χ0n) is 14.0. The van der Waals surface area contributed by atoms with Gasteiger partial charge in [0.1, 0.15) is 0 Å². The number of aryl methyl sites for hydroxylation is 1. The van der Waals surface area contributed by atoms with E-state index in [0.717, 1.165) is 42.8 Å². The molecule has 0 radical (unpaired) electrons. The molecule has 2 aromatic heterocycles. The fourth-order valence-electron chi connectivity index (χ4n) is 1.96. The van der Waals surface area contributed by atoms with Crippen molar-refractivity contribution in [2.24, 2.45) is 4.99 Å². The van der Waals surface area contributed by atoms with Crippen LogP contribution in [0.5, 0.6) is 0 Å². The van der Waals surface area contributed by atoms with Crippen molar-refractivity contribution < 1.29 is 0 Å². The van der Waals surface area contributed by atoms with Gasteiger partial charge in [-0.05, 0) is 19.4 Å². The van der Waals surface area contributed by atoms with Crippen LogP contribution in [0, 0.1) is 0 Å². The van der Waals surface area contributed by atoms with Crippen LogP contribution in [0.3, 0.4) is 0 Å². The number of guanidine groups is 1. The summed E-state index contributed by atoms with van der Waals surface area (Å²) in [6.45, 7) is 5.24. The maximum Gasteiger partial charge on any atom is 0.191 e. The Labute approximate surface area is 141 Å². The highest BCUT2D eigenvalue weighted by molar-refractivity contribution is 7.13. The zero-order valence-corrected chi connectivity index (χ0v) is 14.8. The first-order valence-electron chi connectivity index (χ1n) is 7.80. The van der Waals surface area contributed by atoms with Crippen LogP contribution in [0.25, 0.3) is 0 Å². The number of nitrogens with zero attached hydrogens (tertiary/aromatic N) is 5. The van der Waals surface area contributed by atoms with E-state index in [-0.39, 0.29) is 0 Å². The first-order valence-corrected chi connectivity index (χ1v) is 8.68. The van der Waals surface area contributed by atoms with Crippen molar-refractivity contribution in [3.63, 3.8) is 0 Å². The molecule has 0 unspecified atom stereocenters. The molecule has 0 aliphatic rings. The van der Waals surface area contributed by atoms with E-state index in [9.17, 15) is 0 Å². The summed E-state index contributed by atoms with van der Waals surface area (Å²) in [7, 11) is 3.99. The maximum absolute atomic E-state index is 4.59. The molecule has 0 amide bonds. The van der Waals surface area contributed by atoms with Crippen LogP contribution in [-0.2, 0) is 13.1 Å². The lowest BCUT2D eigenvalue weighted by Crippen LogP contribution is -2.38. The number of aliphatic imine (C=N–C) groups is 1. The lowest BCUT2D eigenvalue weighted by atomic mass is 10.4. The average Bonchev–Trinajstić information content (AvgIpc) is 3.20. The second-order valence-corrected chi connectivity index (χ2v) is 6.10. The Balaban J connectivity index is 1.79. The van der Waals surface area contributed by atoms with Crippen molar-refractivity contribution in [2.45, 2.75) is 26.4 Å². The molecule has 8 heteroatoms. The standard InChI is InChI=1S/C15H25N7S/c1-4-16-14(17-7-5-9-22-10-6-8-19-22)18-11-13-12-23-15(20-13)21(2)3/h6,8,10,12H,4-5,7,9,11H2,1-3H3,(H2,16,17,18). The van der Waals surface area contributed by atoms with Crippen molar-refractivity contribution in [2.75, 3.05) is 32.1 Å². The van der Waals surface area contributed by atoms with Gasteiger partial charge < -0.3 is 15.5 Å². The Bertz CT molecular complexity index is 589. The Morgan fingerprint density at radius 2 is 2.26 bits per heavy atom. The molecule has 7 nitrogen and oxygen atoms in total. The van der Waals surface area contributed by atoms with Gasteiger partial charge in [-0.1, -0.05) is 0 Å². The molecule has 0 spiro atoms. The molecule has 2 aromatic rings. The van der Waals surface area contributed by atoms with Gasteiger partial charge in [0.15, 0.2) is 11.1 Å². The predicted octanol–water partition coefficient (Wildman–Crippen LogP) is 1.55. The molecule has 2 heterocycles. The second kappa shape index (κ2) is 9.14. The fourth-order valence-corrected chi connectivity index (χ4v) is 2.71. The van der Waals surface area contributed by atoms with E-state index in [1.165, 1.54) is 0 Å². The summed E-state index contributed by atoms with van der Waals surface area (Å²) in [6.07, 6.45) is 4.77. The lowest BCUT2D eigenvalue weighted by Gasteiger charge is -2.11. The minimum absolute atomic E-state index is 0.582. The predicted molar refractivity (Wildman–Crippen MR) is 96.1 cm³/mol. The number of aromatic nitrogens is 3. The highest BCUT2D eigenvalue weighted by Gasteiger charge is 2.04. The maximum atomic E-state index is 4.59. The first kappa shape index (κ1) is 17.3. The molecule has 0 fully saturated rings. The highest BCUT2D eigenvalue weighted by atomic mass is 32.1. The number of anilines is 1. The molecule has 0 bridgehead atoms. The van der Waals surface area contributed by atoms with Crippen LogP contribution < -0.4 is 15.5 Å². The average molecular weight is 335 g/mol. The Morgan fingerprint density at radius 3 is 2.91 bits per heavy atom. The summed E-state index contributed by atoms with van der Waals surface area (Å²) in [5.41, 5.74) is 0.993. The summed E-state index contributed by atoms with van der Waals surface area (Å²) >= 11 is 1.64. The minimum Gasteiger partial charge on any atom is -0.357 e. The molecule has 23 heavy (non-hydrogen) atoms. The van der Waals surface area contributed by atoms with Crippen LogP contribution in [0.2, 0.25) is 0 Å². The van der Waals surface area contributed by atoms with Crippen molar-refractivity contribution in [1.29, 1.82) is 0 Å². The van der Waals surface area contributed by atoms with Crippen molar-refractivity contribution in [3.05, 3.63) is 29.5 Å². The van der Waals surface area contributed by atoms with Gasteiger partial charge in [-0.25, -0.2) is 9.98 Å². The van der Waals surface area contributed by atoms with Crippen molar-refractivity contribution in [1.82, 2.24) is 25.4 Å². The van der Waals surface area contributed by atoms with E-state index in [4.69, 9.17) is 0 Å². The number of hydrogen-bond acceptors (Lipinski definition) is 5. The largest absolute Gasteiger partial charge is 0.357 e. The van der Waals surface area contributed by atoms with Gasteiger partial charge in [-0.15, -0.1) is 11.3 Å². The van der Waals surface area contributed by atoms with Crippen LogP contribution in [0.1, 0.15) is 19.0 Å². The van der Waals surface area contributed by atoms with E-state index in [0.29, 0.717) is 6.54 Å². The number of hydrogen-bond donors (Lipinski definition) is 2. The molecular formula is C15H25N7S. The van der Waals surface area contributed by atoms with Gasteiger partial charge in [0.2, 0.25) is 0 Å². The van der Waals surface area contributed by atoms with Crippen LogP contribution in [-0.4, -0.2) is 47.9 Å². The topological polar surface area (TPSA) is 70.4 Å². The third kappa shape index (κ3) is 5.90. The summed E-state index contributed by atoms with van der Waals surface area (Å²) in [4.78, 5) is 11.1. The monoisotopic (exact) mass is 335 g/mol. The van der Waals surface area contributed by atoms with E-state index in [1.54, 1.807) is 17.5 Å². The van der Waals surface area contributed by atoms with Gasteiger partial charge in [-0.3, -0.25) is 4.68 Å². The van der Waals surface area contributed by atoms with Crippen LogP contribution in [0.4, 0.5) is 5.13 Å². The molecule has 2 N–H and O–H groups in total. The van der Waals surface area contributed by atoms with Gasteiger partial charge in [0.25, 0.3) is 0 Å². The van der Waals surface area contributed by atoms with Crippen molar-refractivity contribution in [3.8, 4) is 0 Å². The molecule has 0 saturated carbocycles. The Kier molecular flexibility index (Phi) is 6.86. The number of nitrogens with one attached hydrogen (secondary N) is 2. The third-order valence-electron chi connectivity index (χ3n) is 3.08. The van der Waals surface area contributed by atoms with Crippen LogP contribution >= 0.6 is 11.3 Å². The summed E-state index contributed by atoms with van der Waals surface area (Å²) < 4.78 is 1.93. The van der Waals surface area contributed by atoms with Gasteiger partial charge in [0.05, 0.1) is 12.2 Å². The van der Waals surface area contributed by atoms with E-state index < -0.39 is 0 Å². The molecular weight excluding hydrogens is 310 g/mol. The quantitative estimate of drug-likeness (QED) is 0.435. The number of thiazole rings is 1. The first-order chi connectivity index (χ1) is 11.2. The number of rotatable bonds is 8. The Morgan fingerprint density at radius 1 is 1.39 bits per heavy atom. The fraction of sp³-hybridized carbons (Fsp3) is 0.533. The van der Waals surface area contributed by atoms with E-state index in [2.05, 4.69) is 38.0 Å². The molecule has 0 aliphatic carbocycles. The summed E-state index contributed by atoms with van der Waals surface area (Å²) in [5, 5.41) is 13.9. The third-order valence-corrected chi connectivity index (χ3v) is 4.14. The zero-order chi connectivity index (χ0) is 16.5. The lowest BCUT2D eigenvalue weighted by molar-refractivity contribution is 0.570. The van der Waals surface area contributed by atoms with Crippen molar-refractivity contribution >= 4 is 22.4 Å². The van der Waals surface area contributed by atoms with Gasteiger partial charge >= 0.3 is 0 Å². The summed E-state index contributed by atoms with van der Waals surface area (Å²) in [5.74, 6) is 0.826. The molecule has 0 saturated heterocycles. The molecule has 126 valence electrons. The SMILES string of the molecule is CCNC(=NCc1csc(N(C)C)n1)NCCCn1cccn1. The normalized spacial score (nSPS) is 11.5. The Hall–Kier alpha value is -2.09. The molecule has 0 aromatic carbocycles. The second-order valence-electron chi connectivity index (χ2n) is 5.26. The van der Waals surface area contributed by atoms with Gasteiger partial charge in [-0.2, -0.15) is 5.10 Å². The smallest absolute Gasteiger partial charge is 0.191 e. The molecule has 0 aliphatic heterocycles. The van der Waals surface area contributed by atoms with Gasteiger partial charge in [0, 0.05) is 51.5 Å². The highest BCUT2D eigenvalue weighted by Crippen LogP contribution is 2.18. The van der Waals surface area contributed by atoms with E-state index in [1.807, 2.05) is 35.9 Å². The van der Waals surface area contributed by atoms with Crippen LogP contribution in [0.15, 0.2) is 28.8 Å². The molecule has 0 atom stereocenters. The molecule has 2 rings (SSSR count).